The van der Waals surface area contributed by atoms with Gasteiger partial charge in [0.25, 0.3) is 0 Å². The lowest BCUT2D eigenvalue weighted by Crippen LogP contribution is -2.42. The summed E-state index contributed by atoms with van der Waals surface area (Å²) in [6, 6.07) is 4.05. The molecule has 134 valence electrons. The molecule has 0 atom stereocenters. The van der Waals surface area contributed by atoms with Crippen LogP contribution in [0.4, 0.5) is 4.79 Å². The van der Waals surface area contributed by atoms with E-state index < -0.39 is 0 Å². The van der Waals surface area contributed by atoms with Crippen molar-refractivity contribution in [2.75, 3.05) is 26.2 Å². The van der Waals surface area contributed by atoms with Crippen LogP contribution >= 0.6 is 0 Å². The Labute approximate surface area is 147 Å². The second-order valence-electron chi connectivity index (χ2n) is 6.51. The number of aromatic amines is 1. The van der Waals surface area contributed by atoms with Crippen molar-refractivity contribution in [1.82, 2.24) is 25.5 Å². The summed E-state index contributed by atoms with van der Waals surface area (Å²) in [5, 5.41) is 5.69. The van der Waals surface area contributed by atoms with E-state index in [1.807, 2.05) is 0 Å². The Bertz CT molecular complexity index is 783. The first-order valence-electron chi connectivity index (χ1n) is 8.79. The van der Waals surface area contributed by atoms with E-state index >= 15 is 0 Å². The molecule has 25 heavy (non-hydrogen) atoms. The standard InChI is InChI=1S/C18H25N5O2/c1-12-5-6-14-17(13(12)2)22-15(21-14)4-3-8-20-18(25)23-10-7-16(24)19-9-11-23/h5-6H,3-4,7-11H2,1-2H3,(H,19,24)(H,20,25)(H,21,22). The van der Waals surface area contributed by atoms with E-state index in [0.29, 0.717) is 32.6 Å². The Morgan fingerprint density at radius 2 is 2.16 bits per heavy atom. The Morgan fingerprint density at radius 1 is 1.32 bits per heavy atom. The van der Waals surface area contributed by atoms with Gasteiger partial charge in [-0.25, -0.2) is 9.78 Å². The number of hydrogen-bond donors (Lipinski definition) is 3. The largest absolute Gasteiger partial charge is 0.354 e. The first kappa shape index (κ1) is 17.3. The van der Waals surface area contributed by atoms with Gasteiger partial charge in [0.2, 0.25) is 5.91 Å². The average Bonchev–Trinajstić information content (AvgIpc) is 2.89. The van der Waals surface area contributed by atoms with Gasteiger partial charge in [0.05, 0.1) is 11.0 Å². The summed E-state index contributed by atoms with van der Waals surface area (Å²) < 4.78 is 0. The number of benzene rings is 1. The minimum Gasteiger partial charge on any atom is -0.354 e. The second kappa shape index (κ2) is 7.55. The van der Waals surface area contributed by atoms with Gasteiger partial charge in [0, 0.05) is 39.0 Å². The number of hydrogen-bond acceptors (Lipinski definition) is 3. The zero-order valence-electron chi connectivity index (χ0n) is 14.8. The summed E-state index contributed by atoms with van der Waals surface area (Å²) in [6.07, 6.45) is 1.97. The van der Waals surface area contributed by atoms with Gasteiger partial charge < -0.3 is 20.5 Å². The summed E-state index contributed by atoms with van der Waals surface area (Å²) in [4.78, 5) is 33.2. The van der Waals surface area contributed by atoms with Crippen molar-refractivity contribution in [2.24, 2.45) is 0 Å². The Hall–Kier alpha value is -2.57. The van der Waals surface area contributed by atoms with Gasteiger partial charge in [-0.2, -0.15) is 0 Å². The Balaban J connectivity index is 1.47. The molecule has 0 spiro atoms. The fourth-order valence-electron chi connectivity index (χ4n) is 3.02. The number of imidazole rings is 1. The maximum Gasteiger partial charge on any atom is 0.317 e. The van der Waals surface area contributed by atoms with E-state index in [9.17, 15) is 9.59 Å². The van der Waals surface area contributed by atoms with E-state index in [-0.39, 0.29) is 11.9 Å². The SMILES string of the molecule is Cc1ccc2[nH]c(CCCNC(=O)N3CCNC(=O)CC3)nc2c1C. The monoisotopic (exact) mass is 343 g/mol. The van der Waals surface area contributed by atoms with Gasteiger partial charge in [0.1, 0.15) is 5.82 Å². The molecule has 7 nitrogen and oxygen atoms in total. The number of rotatable bonds is 4. The lowest BCUT2D eigenvalue weighted by Gasteiger charge is -2.19. The molecule has 1 aromatic heterocycles. The molecule has 3 rings (SSSR count). The smallest absolute Gasteiger partial charge is 0.317 e. The molecule has 0 saturated carbocycles. The molecule has 2 aromatic rings. The van der Waals surface area contributed by atoms with Crippen LogP contribution < -0.4 is 10.6 Å². The highest BCUT2D eigenvalue weighted by Gasteiger charge is 2.17. The number of fused-ring (bicyclic) bond motifs is 1. The molecule has 0 radical (unpaired) electrons. The number of aryl methyl sites for hydroxylation is 3. The fraction of sp³-hybridized carbons (Fsp3) is 0.500. The van der Waals surface area contributed by atoms with Crippen molar-refractivity contribution in [1.29, 1.82) is 0 Å². The van der Waals surface area contributed by atoms with E-state index in [4.69, 9.17) is 0 Å². The minimum absolute atomic E-state index is 0.00529. The average molecular weight is 343 g/mol. The van der Waals surface area contributed by atoms with Crippen molar-refractivity contribution in [3.05, 3.63) is 29.1 Å². The van der Waals surface area contributed by atoms with Crippen LogP contribution in [0, 0.1) is 13.8 Å². The number of aromatic nitrogens is 2. The lowest BCUT2D eigenvalue weighted by molar-refractivity contribution is -0.120. The number of H-pyrrole nitrogens is 1. The normalized spacial score (nSPS) is 15.1. The maximum absolute atomic E-state index is 12.1. The molecule has 2 heterocycles. The topological polar surface area (TPSA) is 90.1 Å². The van der Waals surface area contributed by atoms with E-state index in [1.165, 1.54) is 11.1 Å². The van der Waals surface area contributed by atoms with Crippen LogP contribution in [0.15, 0.2) is 12.1 Å². The second-order valence-corrected chi connectivity index (χ2v) is 6.51. The predicted molar refractivity (Wildman–Crippen MR) is 96.5 cm³/mol. The predicted octanol–water partition coefficient (Wildman–Crippen LogP) is 1.64. The maximum atomic E-state index is 12.1. The van der Waals surface area contributed by atoms with Crippen LogP contribution in [-0.2, 0) is 11.2 Å². The van der Waals surface area contributed by atoms with Crippen molar-refractivity contribution in [2.45, 2.75) is 33.1 Å². The molecule has 1 fully saturated rings. The summed E-state index contributed by atoms with van der Waals surface area (Å²) in [5.74, 6) is 0.952. The zero-order valence-corrected chi connectivity index (χ0v) is 14.8. The Kier molecular flexibility index (Phi) is 5.21. The zero-order chi connectivity index (χ0) is 17.8. The van der Waals surface area contributed by atoms with Crippen LogP contribution in [-0.4, -0.2) is 53.0 Å². The highest BCUT2D eigenvalue weighted by molar-refractivity contribution is 5.80. The lowest BCUT2D eigenvalue weighted by atomic mass is 10.1. The molecule has 3 amide bonds. The first-order valence-corrected chi connectivity index (χ1v) is 8.79. The number of nitrogens with one attached hydrogen (secondary N) is 3. The van der Waals surface area contributed by atoms with Crippen molar-refractivity contribution < 1.29 is 9.59 Å². The van der Waals surface area contributed by atoms with Crippen LogP contribution in [0.3, 0.4) is 0 Å². The molecular weight excluding hydrogens is 318 g/mol. The van der Waals surface area contributed by atoms with Gasteiger partial charge in [0.15, 0.2) is 0 Å². The van der Waals surface area contributed by atoms with Crippen LogP contribution in [0.5, 0.6) is 0 Å². The van der Waals surface area contributed by atoms with Gasteiger partial charge >= 0.3 is 6.03 Å². The van der Waals surface area contributed by atoms with Crippen LogP contribution in [0.2, 0.25) is 0 Å². The molecule has 1 aliphatic rings. The molecule has 1 aliphatic heterocycles. The van der Waals surface area contributed by atoms with Crippen LogP contribution in [0.25, 0.3) is 11.0 Å². The third-order valence-electron chi connectivity index (χ3n) is 4.69. The van der Waals surface area contributed by atoms with Crippen molar-refractivity contribution in [3.63, 3.8) is 0 Å². The molecule has 0 unspecified atom stereocenters. The minimum atomic E-state index is -0.104. The fourth-order valence-corrected chi connectivity index (χ4v) is 3.02. The molecular formula is C18H25N5O2. The van der Waals surface area contributed by atoms with E-state index in [0.717, 1.165) is 29.7 Å². The quantitative estimate of drug-likeness (QED) is 0.737. The summed E-state index contributed by atoms with van der Waals surface area (Å²) >= 11 is 0. The molecule has 1 aromatic carbocycles. The van der Waals surface area contributed by atoms with Gasteiger partial charge in [-0.1, -0.05) is 6.07 Å². The van der Waals surface area contributed by atoms with Gasteiger partial charge in [-0.15, -0.1) is 0 Å². The van der Waals surface area contributed by atoms with E-state index in [2.05, 4.69) is 46.6 Å². The number of carbonyl (C=O) groups is 2. The van der Waals surface area contributed by atoms with Crippen molar-refractivity contribution in [3.8, 4) is 0 Å². The number of urea groups is 1. The molecule has 0 bridgehead atoms. The van der Waals surface area contributed by atoms with Crippen molar-refractivity contribution >= 4 is 23.0 Å². The number of amides is 3. The highest BCUT2D eigenvalue weighted by atomic mass is 16.2. The molecule has 3 N–H and O–H groups in total. The summed E-state index contributed by atoms with van der Waals surface area (Å²) in [5.41, 5.74) is 4.53. The Morgan fingerprint density at radius 3 is 3.00 bits per heavy atom. The van der Waals surface area contributed by atoms with Gasteiger partial charge in [-0.05, 0) is 37.5 Å². The first-order chi connectivity index (χ1) is 12.0. The highest BCUT2D eigenvalue weighted by Crippen LogP contribution is 2.19. The van der Waals surface area contributed by atoms with Crippen LogP contribution in [0.1, 0.15) is 29.8 Å². The van der Waals surface area contributed by atoms with Gasteiger partial charge in [-0.3, -0.25) is 4.79 Å². The number of carbonyl (C=O) groups excluding carboxylic acids is 2. The third kappa shape index (κ3) is 4.10. The summed E-state index contributed by atoms with van der Waals surface area (Å²) in [7, 11) is 0. The number of nitrogens with zero attached hydrogens (tertiary/aromatic N) is 2. The third-order valence-corrected chi connectivity index (χ3v) is 4.69. The molecule has 1 saturated heterocycles. The van der Waals surface area contributed by atoms with E-state index in [1.54, 1.807) is 4.90 Å². The summed E-state index contributed by atoms with van der Waals surface area (Å²) in [6.45, 7) is 6.31. The molecule has 7 heteroatoms. The molecule has 0 aliphatic carbocycles.